The fourth-order valence-corrected chi connectivity index (χ4v) is 4.00. The Bertz CT molecular complexity index is 1050. The summed E-state index contributed by atoms with van der Waals surface area (Å²) in [4.78, 5) is 29.7. The summed E-state index contributed by atoms with van der Waals surface area (Å²) in [7, 11) is 2.88. The van der Waals surface area contributed by atoms with Gasteiger partial charge in [0.25, 0.3) is 11.7 Å². The van der Waals surface area contributed by atoms with E-state index in [4.69, 9.17) is 9.47 Å². The second-order valence-electron chi connectivity index (χ2n) is 7.64. The molecule has 0 aliphatic carbocycles. The molecule has 1 fully saturated rings. The number of amides is 1. The van der Waals surface area contributed by atoms with Crippen LogP contribution in [0, 0.1) is 5.82 Å². The second kappa shape index (κ2) is 10.5. The number of ether oxygens (including phenoxy) is 2. The molecule has 1 heterocycles. The molecule has 0 bridgehead atoms. The third-order valence-electron chi connectivity index (χ3n) is 5.95. The van der Waals surface area contributed by atoms with Gasteiger partial charge < -0.3 is 24.4 Å². The predicted molar refractivity (Wildman–Crippen MR) is 123 cm³/mol. The first-order valence-corrected chi connectivity index (χ1v) is 10.8. The number of nitrogens with zero attached hydrogens (tertiary/aromatic N) is 2. The van der Waals surface area contributed by atoms with Gasteiger partial charge in [0.15, 0.2) is 11.6 Å². The van der Waals surface area contributed by atoms with Gasteiger partial charge >= 0.3 is 0 Å². The molecule has 1 aliphatic rings. The van der Waals surface area contributed by atoms with Crippen molar-refractivity contribution in [3.05, 3.63) is 65.0 Å². The van der Waals surface area contributed by atoms with E-state index in [0.717, 1.165) is 19.2 Å². The summed E-state index contributed by atoms with van der Waals surface area (Å²) in [5, 5.41) is 11.1. The number of hydrogen-bond donors (Lipinski definition) is 1. The lowest BCUT2D eigenvalue weighted by Crippen LogP contribution is -2.38. The molecule has 2 aromatic carbocycles. The van der Waals surface area contributed by atoms with Gasteiger partial charge in [-0.1, -0.05) is 26.0 Å². The summed E-state index contributed by atoms with van der Waals surface area (Å²) < 4.78 is 24.4. The smallest absolute Gasteiger partial charge is 0.295 e. The first kappa shape index (κ1) is 24.3. The van der Waals surface area contributed by atoms with Crippen LogP contribution in [0.15, 0.2) is 48.0 Å². The summed E-state index contributed by atoms with van der Waals surface area (Å²) in [5.41, 5.74) is 0.660. The minimum Gasteiger partial charge on any atom is -0.507 e. The number of aliphatic hydroxyl groups is 1. The van der Waals surface area contributed by atoms with Crippen molar-refractivity contribution < 1.29 is 28.6 Å². The van der Waals surface area contributed by atoms with Crippen LogP contribution in [0.4, 0.5) is 4.39 Å². The molecule has 0 radical (unpaired) electrons. The van der Waals surface area contributed by atoms with Gasteiger partial charge in [0, 0.05) is 18.7 Å². The molecular formula is C25H29FN2O5. The van der Waals surface area contributed by atoms with Crippen molar-refractivity contribution in [3.8, 4) is 11.5 Å². The molecule has 1 amide bonds. The van der Waals surface area contributed by atoms with Crippen LogP contribution in [0.5, 0.6) is 11.5 Å². The van der Waals surface area contributed by atoms with Crippen molar-refractivity contribution in [1.82, 2.24) is 9.80 Å². The highest BCUT2D eigenvalue weighted by Crippen LogP contribution is 2.40. The van der Waals surface area contributed by atoms with E-state index in [0.29, 0.717) is 24.4 Å². The van der Waals surface area contributed by atoms with Crippen LogP contribution in [0.25, 0.3) is 5.76 Å². The molecule has 1 unspecified atom stereocenters. The highest BCUT2D eigenvalue weighted by Gasteiger charge is 2.46. The SMILES string of the molecule is CCN(CC)CCN1C(=O)C(=O)/C(=C(/O)c2ccc(OC)c(F)c2)C1c1ccc(OC)cc1. The Labute approximate surface area is 193 Å². The Kier molecular flexibility index (Phi) is 7.71. The lowest BCUT2D eigenvalue weighted by atomic mass is 9.95. The molecule has 0 saturated carbocycles. The highest BCUT2D eigenvalue weighted by molar-refractivity contribution is 6.46. The van der Waals surface area contributed by atoms with Crippen LogP contribution in [0.2, 0.25) is 0 Å². The molecule has 0 spiro atoms. The van der Waals surface area contributed by atoms with E-state index in [-0.39, 0.29) is 16.9 Å². The molecular weight excluding hydrogens is 427 g/mol. The van der Waals surface area contributed by atoms with Crippen molar-refractivity contribution in [2.75, 3.05) is 40.4 Å². The Balaban J connectivity index is 2.10. The number of likely N-dealkylation sites (N-methyl/N-ethyl adjacent to an activating group) is 1. The molecule has 1 atom stereocenters. The highest BCUT2D eigenvalue weighted by atomic mass is 19.1. The molecule has 176 valence electrons. The maximum absolute atomic E-state index is 14.3. The molecule has 1 saturated heterocycles. The van der Waals surface area contributed by atoms with E-state index in [1.54, 1.807) is 31.4 Å². The van der Waals surface area contributed by atoms with Gasteiger partial charge in [-0.05, 0) is 49.0 Å². The normalized spacial score (nSPS) is 17.6. The Hall–Kier alpha value is -3.39. The molecule has 7 nitrogen and oxygen atoms in total. The van der Waals surface area contributed by atoms with Gasteiger partial charge in [0.2, 0.25) is 0 Å². The summed E-state index contributed by atoms with van der Waals surface area (Å²) >= 11 is 0. The standard InChI is InChI=1S/C25H29FN2O5/c1-5-27(6-2)13-14-28-22(16-7-10-18(32-3)11-8-16)21(24(30)25(28)31)23(29)17-9-12-20(33-4)19(26)15-17/h7-12,15,22,29H,5-6,13-14H2,1-4H3/b23-21+. The number of carbonyl (C=O) groups excluding carboxylic acids is 2. The molecule has 33 heavy (non-hydrogen) atoms. The topological polar surface area (TPSA) is 79.3 Å². The number of rotatable bonds is 9. The van der Waals surface area contributed by atoms with Crippen LogP contribution in [-0.2, 0) is 9.59 Å². The Morgan fingerprint density at radius 2 is 1.73 bits per heavy atom. The van der Waals surface area contributed by atoms with Gasteiger partial charge in [0.1, 0.15) is 11.5 Å². The van der Waals surface area contributed by atoms with Crippen molar-refractivity contribution in [1.29, 1.82) is 0 Å². The lowest BCUT2D eigenvalue weighted by Gasteiger charge is -2.28. The fourth-order valence-electron chi connectivity index (χ4n) is 4.00. The third-order valence-corrected chi connectivity index (χ3v) is 5.95. The van der Waals surface area contributed by atoms with Crippen molar-refractivity contribution >= 4 is 17.4 Å². The zero-order valence-electron chi connectivity index (χ0n) is 19.3. The Morgan fingerprint density at radius 1 is 1.06 bits per heavy atom. The minimum atomic E-state index is -0.809. The first-order chi connectivity index (χ1) is 15.9. The summed E-state index contributed by atoms with van der Waals surface area (Å²) in [5.74, 6) is -1.98. The van der Waals surface area contributed by atoms with E-state index in [2.05, 4.69) is 4.90 Å². The molecule has 2 aromatic rings. The number of benzene rings is 2. The lowest BCUT2D eigenvalue weighted by molar-refractivity contribution is -0.140. The van der Waals surface area contributed by atoms with Crippen LogP contribution in [0.3, 0.4) is 0 Å². The maximum Gasteiger partial charge on any atom is 0.295 e. The van der Waals surface area contributed by atoms with Crippen molar-refractivity contribution in [3.63, 3.8) is 0 Å². The van der Waals surface area contributed by atoms with E-state index in [1.165, 1.54) is 24.1 Å². The van der Waals surface area contributed by atoms with Gasteiger partial charge in [-0.2, -0.15) is 0 Å². The maximum atomic E-state index is 14.3. The minimum absolute atomic E-state index is 0.0120. The average molecular weight is 457 g/mol. The summed E-state index contributed by atoms with van der Waals surface area (Å²) in [6, 6.07) is 10.1. The fraction of sp³-hybridized carbons (Fsp3) is 0.360. The van der Waals surface area contributed by atoms with Crippen LogP contribution >= 0.6 is 0 Å². The number of aliphatic hydroxyl groups excluding tert-OH is 1. The molecule has 1 aliphatic heterocycles. The Morgan fingerprint density at radius 3 is 2.27 bits per heavy atom. The van der Waals surface area contributed by atoms with Gasteiger partial charge in [-0.3, -0.25) is 9.59 Å². The molecule has 0 aromatic heterocycles. The number of likely N-dealkylation sites (tertiary alicyclic amines) is 1. The number of methoxy groups -OCH3 is 2. The quantitative estimate of drug-likeness (QED) is 0.353. The average Bonchev–Trinajstić information content (AvgIpc) is 3.09. The van der Waals surface area contributed by atoms with E-state index < -0.39 is 29.3 Å². The van der Waals surface area contributed by atoms with Gasteiger partial charge in [-0.15, -0.1) is 0 Å². The first-order valence-electron chi connectivity index (χ1n) is 10.8. The zero-order valence-corrected chi connectivity index (χ0v) is 19.3. The second-order valence-corrected chi connectivity index (χ2v) is 7.64. The van der Waals surface area contributed by atoms with Crippen LogP contribution in [-0.4, -0.2) is 67.0 Å². The van der Waals surface area contributed by atoms with Gasteiger partial charge in [0.05, 0.1) is 25.8 Å². The largest absolute Gasteiger partial charge is 0.507 e. The summed E-state index contributed by atoms with van der Waals surface area (Å²) in [6.07, 6.45) is 0. The molecule has 1 N–H and O–H groups in total. The van der Waals surface area contributed by atoms with E-state index in [1.807, 2.05) is 13.8 Å². The van der Waals surface area contributed by atoms with Crippen molar-refractivity contribution in [2.24, 2.45) is 0 Å². The number of halogens is 1. The zero-order chi connectivity index (χ0) is 24.1. The van der Waals surface area contributed by atoms with E-state index in [9.17, 15) is 19.1 Å². The number of ketones is 1. The number of Topliss-reactive ketones (excluding diaryl/α,β-unsaturated/α-hetero) is 1. The van der Waals surface area contributed by atoms with Crippen LogP contribution < -0.4 is 9.47 Å². The molecule has 8 heteroatoms. The monoisotopic (exact) mass is 456 g/mol. The van der Waals surface area contributed by atoms with Crippen LogP contribution in [0.1, 0.15) is 31.0 Å². The number of carbonyl (C=O) groups is 2. The third kappa shape index (κ3) is 4.85. The van der Waals surface area contributed by atoms with Crippen molar-refractivity contribution in [2.45, 2.75) is 19.9 Å². The predicted octanol–water partition coefficient (Wildman–Crippen LogP) is 3.61. The summed E-state index contributed by atoms with van der Waals surface area (Å²) in [6.45, 7) is 6.53. The number of hydrogen-bond acceptors (Lipinski definition) is 6. The molecule has 3 rings (SSSR count). The van der Waals surface area contributed by atoms with E-state index >= 15 is 0 Å². The van der Waals surface area contributed by atoms with Gasteiger partial charge in [-0.25, -0.2) is 4.39 Å².